The van der Waals surface area contributed by atoms with Crippen molar-refractivity contribution in [3.8, 4) is 0 Å². The molecule has 2 aromatic carbocycles. The molecule has 1 aliphatic rings. The zero-order valence-corrected chi connectivity index (χ0v) is 18.6. The first kappa shape index (κ1) is 21.7. The van der Waals surface area contributed by atoms with E-state index in [1.165, 1.54) is 6.07 Å². The standard InChI is InChI=1S/C24H28FN3O2S/c1-2-31(29,30)24-26-16-21(28(24)15-12-19-8-4-3-5-9-19)18-27-14-13-20(17-27)22-10-6-7-11-23(22)25/h3-11,16,20H,2,12-15,17-18H2,1H3/t20-/m1/s1. The second-order valence-electron chi connectivity index (χ2n) is 8.06. The van der Waals surface area contributed by atoms with E-state index in [2.05, 4.69) is 9.88 Å². The molecule has 0 radical (unpaired) electrons. The molecule has 0 amide bonds. The highest BCUT2D eigenvalue weighted by atomic mass is 32.2. The number of hydrogen-bond acceptors (Lipinski definition) is 4. The Hall–Kier alpha value is -2.51. The highest BCUT2D eigenvalue weighted by Crippen LogP contribution is 2.30. The molecule has 4 rings (SSSR count). The van der Waals surface area contributed by atoms with Crippen LogP contribution in [0.1, 0.15) is 36.1 Å². The van der Waals surface area contributed by atoms with Crippen molar-refractivity contribution < 1.29 is 12.8 Å². The quantitative estimate of drug-likeness (QED) is 0.529. The number of aromatic nitrogens is 2. The van der Waals surface area contributed by atoms with Crippen LogP contribution in [-0.4, -0.2) is 41.7 Å². The average Bonchev–Trinajstić information content (AvgIpc) is 3.41. The number of aryl methyl sites for hydroxylation is 1. The van der Waals surface area contributed by atoms with E-state index >= 15 is 0 Å². The molecule has 5 nitrogen and oxygen atoms in total. The highest BCUT2D eigenvalue weighted by molar-refractivity contribution is 7.91. The van der Waals surface area contributed by atoms with Gasteiger partial charge in [-0.2, -0.15) is 0 Å². The smallest absolute Gasteiger partial charge is 0.227 e. The van der Waals surface area contributed by atoms with Crippen molar-refractivity contribution in [2.24, 2.45) is 0 Å². The Kier molecular flexibility index (Phi) is 6.53. The van der Waals surface area contributed by atoms with Crippen molar-refractivity contribution in [2.75, 3.05) is 18.8 Å². The van der Waals surface area contributed by atoms with Gasteiger partial charge in [0.2, 0.25) is 15.0 Å². The van der Waals surface area contributed by atoms with Crippen molar-refractivity contribution in [3.63, 3.8) is 0 Å². The maximum absolute atomic E-state index is 14.2. The topological polar surface area (TPSA) is 55.2 Å². The van der Waals surface area contributed by atoms with Crippen molar-refractivity contribution in [1.82, 2.24) is 14.5 Å². The zero-order chi connectivity index (χ0) is 21.8. The predicted octanol–water partition coefficient (Wildman–Crippen LogP) is 4.05. The summed E-state index contributed by atoms with van der Waals surface area (Å²) in [5, 5.41) is 0.144. The lowest BCUT2D eigenvalue weighted by molar-refractivity contribution is 0.314. The fourth-order valence-corrected chi connectivity index (χ4v) is 5.30. The molecule has 0 unspecified atom stereocenters. The van der Waals surface area contributed by atoms with E-state index in [4.69, 9.17) is 0 Å². The van der Waals surface area contributed by atoms with Crippen molar-refractivity contribution in [3.05, 3.63) is 83.4 Å². The Morgan fingerprint density at radius 2 is 1.84 bits per heavy atom. The van der Waals surface area contributed by atoms with E-state index in [1.807, 2.05) is 47.0 Å². The maximum atomic E-state index is 14.2. The minimum absolute atomic E-state index is 0.0217. The van der Waals surface area contributed by atoms with Crippen LogP contribution in [0.3, 0.4) is 0 Å². The Labute approximate surface area is 183 Å². The summed E-state index contributed by atoms with van der Waals surface area (Å²) in [4.78, 5) is 6.55. The molecule has 3 aromatic rings. The predicted molar refractivity (Wildman–Crippen MR) is 119 cm³/mol. The van der Waals surface area contributed by atoms with E-state index < -0.39 is 9.84 Å². The number of hydrogen-bond donors (Lipinski definition) is 0. The van der Waals surface area contributed by atoms with Gasteiger partial charge in [-0.05, 0) is 36.6 Å². The Balaban J connectivity index is 1.53. The van der Waals surface area contributed by atoms with Crippen LogP contribution in [-0.2, 0) is 29.3 Å². The fraction of sp³-hybridized carbons (Fsp3) is 0.375. The SMILES string of the molecule is CCS(=O)(=O)c1ncc(CN2CC[C@@H](c3ccccc3F)C2)n1CCc1ccccc1. The summed E-state index contributed by atoms with van der Waals surface area (Å²) in [6, 6.07) is 17.0. The van der Waals surface area contributed by atoms with E-state index in [1.54, 1.807) is 19.2 Å². The molecule has 31 heavy (non-hydrogen) atoms. The van der Waals surface area contributed by atoms with Crippen LogP contribution < -0.4 is 0 Å². The first-order valence-corrected chi connectivity index (χ1v) is 12.4. The van der Waals surface area contributed by atoms with Gasteiger partial charge in [-0.3, -0.25) is 4.90 Å². The number of likely N-dealkylation sites (tertiary alicyclic amines) is 1. The number of sulfone groups is 1. The minimum Gasteiger partial charge on any atom is -0.317 e. The molecule has 1 aliphatic heterocycles. The molecule has 0 bridgehead atoms. The van der Waals surface area contributed by atoms with Crippen LogP contribution in [0.25, 0.3) is 0 Å². The van der Waals surface area contributed by atoms with Crippen LogP contribution in [0.15, 0.2) is 66.0 Å². The summed E-state index contributed by atoms with van der Waals surface area (Å²) in [5.41, 5.74) is 2.80. The molecule has 0 spiro atoms. The highest BCUT2D eigenvalue weighted by Gasteiger charge is 2.28. The summed E-state index contributed by atoms with van der Waals surface area (Å²) in [6.45, 7) is 4.40. The van der Waals surface area contributed by atoms with Crippen LogP contribution in [0, 0.1) is 5.82 Å². The molecular weight excluding hydrogens is 413 g/mol. The third-order valence-corrected chi connectivity index (χ3v) is 7.67. The first-order chi connectivity index (χ1) is 15.0. The van der Waals surface area contributed by atoms with Gasteiger partial charge < -0.3 is 4.57 Å². The number of nitrogens with zero attached hydrogens (tertiary/aromatic N) is 3. The lowest BCUT2D eigenvalue weighted by Crippen LogP contribution is -2.23. The number of halogens is 1. The van der Waals surface area contributed by atoms with Gasteiger partial charge in [-0.15, -0.1) is 0 Å². The normalized spacial score (nSPS) is 17.3. The molecule has 1 fully saturated rings. The van der Waals surface area contributed by atoms with Gasteiger partial charge in [0.1, 0.15) is 5.82 Å². The molecule has 7 heteroatoms. The molecule has 0 N–H and O–H groups in total. The molecule has 1 saturated heterocycles. The molecular formula is C24H28FN3O2S. The Morgan fingerprint density at radius 3 is 2.58 bits per heavy atom. The Bertz CT molecular complexity index is 1130. The summed E-state index contributed by atoms with van der Waals surface area (Å²) in [7, 11) is -3.42. The van der Waals surface area contributed by atoms with E-state index in [0.29, 0.717) is 13.1 Å². The third kappa shape index (κ3) is 4.88. The third-order valence-electron chi connectivity index (χ3n) is 6.03. The largest absolute Gasteiger partial charge is 0.317 e. The van der Waals surface area contributed by atoms with Crippen molar-refractivity contribution >= 4 is 9.84 Å². The van der Waals surface area contributed by atoms with Gasteiger partial charge in [0.15, 0.2) is 0 Å². The lowest BCUT2D eigenvalue weighted by atomic mass is 9.98. The number of benzene rings is 2. The second-order valence-corrected chi connectivity index (χ2v) is 10.2. The van der Waals surface area contributed by atoms with Gasteiger partial charge >= 0.3 is 0 Å². The number of imidazole rings is 1. The molecule has 2 heterocycles. The average molecular weight is 442 g/mol. The van der Waals surface area contributed by atoms with E-state index in [0.717, 1.165) is 42.8 Å². The molecule has 1 aromatic heterocycles. The maximum Gasteiger partial charge on any atom is 0.227 e. The van der Waals surface area contributed by atoms with Crippen molar-refractivity contribution in [1.29, 1.82) is 0 Å². The Morgan fingerprint density at radius 1 is 1.10 bits per heavy atom. The summed E-state index contributed by atoms with van der Waals surface area (Å²) < 4.78 is 41.3. The van der Waals surface area contributed by atoms with Gasteiger partial charge in [-0.1, -0.05) is 55.5 Å². The van der Waals surface area contributed by atoms with Crippen LogP contribution in [0.4, 0.5) is 4.39 Å². The zero-order valence-electron chi connectivity index (χ0n) is 17.7. The minimum atomic E-state index is -3.42. The van der Waals surface area contributed by atoms with Crippen LogP contribution in [0.5, 0.6) is 0 Å². The van der Waals surface area contributed by atoms with Crippen molar-refractivity contribution in [2.45, 2.75) is 43.9 Å². The van der Waals surface area contributed by atoms with Gasteiger partial charge in [0.25, 0.3) is 0 Å². The van der Waals surface area contributed by atoms with Gasteiger partial charge in [-0.25, -0.2) is 17.8 Å². The second kappa shape index (κ2) is 9.32. The fourth-order valence-electron chi connectivity index (χ4n) is 4.29. The first-order valence-electron chi connectivity index (χ1n) is 10.8. The lowest BCUT2D eigenvalue weighted by Gasteiger charge is -2.18. The van der Waals surface area contributed by atoms with Gasteiger partial charge in [0.05, 0.1) is 17.6 Å². The molecule has 0 aliphatic carbocycles. The summed E-state index contributed by atoms with van der Waals surface area (Å²) in [5.74, 6) is 0.0211. The molecule has 0 saturated carbocycles. The van der Waals surface area contributed by atoms with Crippen LogP contribution >= 0.6 is 0 Å². The summed E-state index contributed by atoms with van der Waals surface area (Å²) >= 11 is 0. The van der Waals surface area contributed by atoms with E-state index in [-0.39, 0.29) is 22.6 Å². The summed E-state index contributed by atoms with van der Waals surface area (Å²) in [6.07, 6.45) is 3.30. The molecule has 1 atom stereocenters. The number of rotatable bonds is 8. The van der Waals surface area contributed by atoms with Crippen LogP contribution in [0.2, 0.25) is 0 Å². The molecule has 164 valence electrons. The van der Waals surface area contributed by atoms with E-state index in [9.17, 15) is 12.8 Å². The monoisotopic (exact) mass is 441 g/mol. The van der Waals surface area contributed by atoms with Gasteiger partial charge in [0, 0.05) is 25.6 Å².